The number of carbonyl (C=O) groups excluding carboxylic acids is 1. The molecule has 112 valence electrons. The summed E-state index contributed by atoms with van der Waals surface area (Å²) in [5.74, 6) is -0.348. The Bertz CT molecular complexity index is 724. The van der Waals surface area contributed by atoms with Crippen LogP contribution in [0, 0.1) is 0 Å². The van der Waals surface area contributed by atoms with Crippen molar-refractivity contribution < 1.29 is 9.53 Å². The fraction of sp³-hybridized carbons (Fsp3) is 0.278. The Labute approximate surface area is 139 Å². The highest BCUT2D eigenvalue weighted by atomic mass is 35.5. The number of carbonyl (C=O) groups is 1. The Morgan fingerprint density at radius 1 is 1.00 bits per heavy atom. The molecule has 3 aliphatic carbocycles. The molecule has 0 saturated heterocycles. The maximum atomic E-state index is 12.9. The van der Waals surface area contributed by atoms with Crippen molar-refractivity contribution in [3.05, 3.63) is 70.8 Å². The molecular weight excluding hydrogens is 319 g/mol. The Balaban J connectivity index is 2.16. The van der Waals surface area contributed by atoms with Crippen LogP contribution in [0.25, 0.3) is 0 Å². The highest BCUT2D eigenvalue weighted by Crippen LogP contribution is 2.59. The first-order valence-electron chi connectivity index (χ1n) is 7.19. The van der Waals surface area contributed by atoms with Gasteiger partial charge in [0.2, 0.25) is 0 Å². The van der Waals surface area contributed by atoms with Gasteiger partial charge in [0.1, 0.15) is 5.41 Å². The molecule has 0 fully saturated rings. The molecule has 0 heterocycles. The molecule has 0 N–H and O–H groups in total. The second-order valence-electron chi connectivity index (χ2n) is 5.80. The number of rotatable bonds is 1. The van der Waals surface area contributed by atoms with E-state index in [1.807, 2.05) is 48.5 Å². The van der Waals surface area contributed by atoms with E-state index in [1.165, 1.54) is 7.11 Å². The van der Waals surface area contributed by atoms with Gasteiger partial charge in [0.05, 0.1) is 17.9 Å². The van der Waals surface area contributed by atoms with Crippen LogP contribution in [0.15, 0.2) is 48.5 Å². The van der Waals surface area contributed by atoms with Crippen LogP contribution >= 0.6 is 23.2 Å². The minimum absolute atomic E-state index is 0.00287. The van der Waals surface area contributed by atoms with E-state index in [-0.39, 0.29) is 17.3 Å². The molecule has 2 aromatic rings. The molecule has 0 aromatic heterocycles. The predicted octanol–water partition coefficient (Wildman–Crippen LogP) is 3.82. The smallest absolute Gasteiger partial charge is 0.322 e. The molecule has 2 atom stereocenters. The summed E-state index contributed by atoms with van der Waals surface area (Å²) in [6.07, 6.45) is 0. The summed E-state index contributed by atoms with van der Waals surface area (Å²) >= 11 is 13.4. The lowest BCUT2D eigenvalue weighted by molar-refractivity contribution is -0.146. The molecule has 0 spiro atoms. The highest BCUT2D eigenvalue weighted by molar-refractivity contribution is 6.33. The Hall–Kier alpha value is -1.51. The normalized spacial score (nSPS) is 31.3. The van der Waals surface area contributed by atoms with Crippen LogP contribution in [0.5, 0.6) is 0 Å². The number of hydrogen-bond donors (Lipinski definition) is 0. The van der Waals surface area contributed by atoms with Gasteiger partial charge in [-0.25, -0.2) is 0 Å². The lowest BCUT2D eigenvalue weighted by atomic mass is 9.54. The van der Waals surface area contributed by atoms with Crippen molar-refractivity contribution in [1.29, 1.82) is 0 Å². The molecule has 4 heteroatoms. The molecule has 2 bridgehead atoms. The number of benzene rings is 2. The van der Waals surface area contributed by atoms with Crippen LogP contribution in [0.3, 0.4) is 0 Å². The summed E-state index contributed by atoms with van der Waals surface area (Å²) in [5.41, 5.74) is 2.95. The van der Waals surface area contributed by atoms with Gasteiger partial charge in [0, 0.05) is 5.92 Å². The molecule has 0 amide bonds. The van der Waals surface area contributed by atoms with E-state index in [2.05, 4.69) is 0 Å². The van der Waals surface area contributed by atoms with Gasteiger partial charge in [-0.1, -0.05) is 48.5 Å². The summed E-state index contributed by atoms with van der Waals surface area (Å²) in [5, 5.41) is -0.901. The third kappa shape index (κ3) is 1.45. The monoisotopic (exact) mass is 332 g/mol. The molecule has 0 unspecified atom stereocenters. The minimum Gasteiger partial charge on any atom is -0.468 e. The zero-order valence-corrected chi connectivity index (χ0v) is 13.4. The molecule has 2 nitrogen and oxygen atoms in total. The van der Waals surface area contributed by atoms with Crippen LogP contribution in [0.4, 0.5) is 0 Å². The number of fused-ring (bicyclic) bond motifs is 1. The molecule has 0 radical (unpaired) electrons. The van der Waals surface area contributed by atoms with Crippen LogP contribution < -0.4 is 0 Å². The first-order chi connectivity index (χ1) is 10.6. The van der Waals surface area contributed by atoms with Gasteiger partial charge >= 0.3 is 5.97 Å². The number of alkyl halides is 2. The fourth-order valence-corrected chi connectivity index (χ4v) is 5.04. The Kier molecular flexibility index (Phi) is 3.04. The molecule has 22 heavy (non-hydrogen) atoms. The first kappa shape index (κ1) is 14.1. The van der Waals surface area contributed by atoms with Crippen molar-refractivity contribution in [3.63, 3.8) is 0 Å². The van der Waals surface area contributed by atoms with Gasteiger partial charge in [0.15, 0.2) is 0 Å². The Morgan fingerprint density at radius 2 is 1.50 bits per heavy atom. The SMILES string of the molecule is COC(=O)C12c3ccccc3C(c3ccccc31)[C@@H](Cl)[C@@H]2Cl. The first-order valence-corrected chi connectivity index (χ1v) is 8.06. The van der Waals surface area contributed by atoms with E-state index >= 15 is 0 Å². The fourth-order valence-electron chi connectivity index (χ4n) is 4.11. The van der Waals surface area contributed by atoms with Gasteiger partial charge in [-0.05, 0) is 22.3 Å². The molecule has 2 aromatic carbocycles. The van der Waals surface area contributed by atoms with E-state index in [0.717, 1.165) is 22.3 Å². The quantitative estimate of drug-likeness (QED) is 0.586. The summed E-state index contributed by atoms with van der Waals surface area (Å²) in [6.45, 7) is 0. The summed E-state index contributed by atoms with van der Waals surface area (Å²) in [4.78, 5) is 12.9. The van der Waals surface area contributed by atoms with Crippen LogP contribution in [0.2, 0.25) is 0 Å². The summed E-state index contributed by atoms with van der Waals surface area (Å²) < 4.78 is 5.16. The highest BCUT2D eigenvalue weighted by Gasteiger charge is 2.62. The largest absolute Gasteiger partial charge is 0.468 e. The average Bonchev–Trinajstić information content (AvgIpc) is 2.57. The zero-order valence-electron chi connectivity index (χ0n) is 11.9. The van der Waals surface area contributed by atoms with Gasteiger partial charge in [0.25, 0.3) is 0 Å². The van der Waals surface area contributed by atoms with E-state index in [1.54, 1.807) is 0 Å². The molecule has 3 aliphatic rings. The van der Waals surface area contributed by atoms with Gasteiger partial charge < -0.3 is 4.74 Å². The van der Waals surface area contributed by atoms with Crippen molar-refractivity contribution in [2.24, 2.45) is 0 Å². The molecule has 0 saturated carbocycles. The Morgan fingerprint density at radius 3 is 2.00 bits per heavy atom. The van der Waals surface area contributed by atoms with Crippen LogP contribution in [-0.4, -0.2) is 23.8 Å². The summed E-state index contributed by atoms with van der Waals surface area (Å²) in [7, 11) is 1.40. The van der Waals surface area contributed by atoms with E-state index in [9.17, 15) is 4.79 Å². The maximum Gasteiger partial charge on any atom is 0.322 e. The number of hydrogen-bond acceptors (Lipinski definition) is 2. The maximum absolute atomic E-state index is 12.9. The standard InChI is InChI=1S/C18H14Cl2O2/c1-22-17(21)18-12-8-4-2-6-10(12)14(15(19)16(18)20)11-7-3-5-9-13(11)18/h2-9,14-16H,1H3/t14?,15-,16+,18?/m1/s1. The van der Waals surface area contributed by atoms with Gasteiger partial charge in [-0.3, -0.25) is 4.79 Å². The van der Waals surface area contributed by atoms with Crippen LogP contribution in [0.1, 0.15) is 28.2 Å². The van der Waals surface area contributed by atoms with Crippen molar-refractivity contribution in [2.75, 3.05) is 7.11 Å². The number of esters is 1. The van der Waals surface area contributed by atoms with Crippen molar-refractivity contribution in [2.45, 2.75) is 22.1 Å². The molecule has 0 aliphatic heterocycles. The number of ether oxygens (including phenoxy) is 1. The topological polar surface area (TPSA) is 26.3 Å². The third-order valence-electron chi connectivity index (χ3n) is 4.96. The van der Waals surface area contributed by atoms with Crippen molar-refractivity contribution in [1.82, 2.24) is 0 Å². The predicted molar refractivity (Wildman–Crippen MR) is 86.8 cm³/mol. The van der Waals surface area contributed by atoms with E-state index in [0.29, 0.717) is 0 Å². The second-order valence-corrected chi connectivity index (χ2v) is 6.77. The van der Waals surface area contributed by atoms with Gasteiger partial charge in [-0.15, -0.1) is 23.2 Å². The van der Waals surface area contributed by atoms with E-state index in [4.69, 9.17) is 27.9 Å². The minimum atomic E-state index is -1.04. The molecular formula is C18H14Cl2O2. The third-order valence-corrected chi connectivity index (χ3v) is 6.19. The average molecular weight is 333 g/mol. The van der Waals surface area contributed by atoms with E-state index < -0.39 is 10.8 Å². The lowest BCUT2D eigenvalue weighted by Crippen LogP contribution is -2.58. The van der Waals surface area contributed by atoms with Crippen molar-refractivity contribution in [3.8, 4) is 0 Å². The number of methoxy groups -OCH3 is 1. The number of halogens is 2. The summed E-state index contributed by atoms with van der Waals surface area (Å²) in [6, 6.07) is 15.8. The zero-order chi connectivity index (χ0) is 15.5. The second kappa shape index (κ2) is 4.74. The lowest BCUT2D eigenvalue weighted by Gasteiger charge is -2.52. The van der Waals surface area contributed by atoms with Crippen molar-refractivity contribution >= 4 is 29.2 Å². The molecule has 5 rings (SSSR count). The van der Waals surface area contributed by atoms with Gasteiger partial charge in [-0.2, -0.15) is 0 Å². The van der Waals surface area contributed by atoms with Crippen LogP contribution in [-0.2, 0) is 14.9 Å².